The molecule has 2 aromatic rings. The first-order valence-electron chi connectivity index (χ1n) is 4.91. The summed E-state index contributed by atoms with van der Waals surface area (Å²) >= 11 is 0. The molecule has 2 rings (SSSR count). The molecule has 0 unspecified atom stereocenters. The Hall–Kier alpha value is -1.69. The van der Waals surface area contributed by atoms with Crippen molar-refractivity contribution in [3.63, 3.8) is 0 Å². The minimum absolute atomic E-state index is 0.376. The highest BCUT2D eigenvalue weighted by atomic mass is 15.3. The van der Waals surface area contributed by atoms with Crippen molar-refractivity contribution in [2.75, 3.05) is 0 Å². The van der Waals surface area contributed by atoms with Crippen molar-refractivity contribution in [2.45, 2.75) is 26.6 Å². The summed E-state index contributed by atoms with van der Waals surface area (Å²) in [7, 11) is 0. The molecular formula is C9H14N6. The maximum absolute atomic E-state index is 5.43. The highest BCUT2D eigenvalue weighted by Crippen LogP contribution is 2.00. The van der Waals surface area contributed by atoms with Crippen LogP contribution in [0.15, 0.2) is 18.7 Å². The minimum atomic E-state index is 0.376. The van der Waals surface area contributed by atoms with Crippen LogP contribution in [0.2, 0.25) is 0 Å². The maximum atomic E-state index is 5.43. The highest BCUT2D eigenvalue weighted by Gasteiger charge is 2.01. The second-order valence-corrected chi connectivity index (χ2v) is 3.27. The third-order valence-electron chi connectivity index (χ3n) is 2.12. The second-order valence-electron chi connectivity index (χ2n) is 3.27. The van der Waals surface area contributed by atoms with Crippen LogP contribution in [0.1, 0.15) is 18.3 Å². The van der Waals surface area contributed by atoms with E-state index in [1.54, 1.807) is 11.0 Å². The molecule has 0 aliphatic carbocycles. The fraction of sp³-hybridized carbons (Fsp3) is 0.444. The molecule has 0 radical (unpaired) electrons. The lowest BCUT2D eigenvalue weighted by atomic mass is 10.4. The first-order valence-corrected chi connectivity index (χ1v) is 4.91. The monoisotopic (exact) mass is 206 g/mol. The zero-order valence-corrected chi connectivity index (χ0v) is 8.67. The van der Waals surface area contributed by atoms with E-state index in [-0.39, 0.29) is 0 Å². The molecule has 2 heterocycles. The van der Waals surface area contributed by atoms with E-state index in [0.717, 1.165) is 12.1 Å². The van der Waals surface area contributed by atoms with Crippen molar-refractivity contribution in [3.8, 4) is 0 Å². The Kier molecular flexibility index (Phi) is 2.77. The second kappa shape index (κ2) is 4.22. The molecule has 6 nitrogen and oxygen atoms in total. The van der Waals surface area contributed by atoms with Gasteiger partial charge in [0.1, 0.15) is 6.33 Å². The van der Waals surface area contributed by atoms with E-state index in [0.29, 0.717) is 18.9 Å². The van der Waals surface area contributed by atoms with Gasteiger partial charge in [-0.05, 0) is 6.92 Å². The molecule has 0 fully saturated rings. The molecule has 0 amide bonds. The number of nitrogens with two attached hydrogens (primary N) is 1. The van der Waals surface area contributed by atoms with Gasteiger partial charge in [0.05, 0.1) is 19.3 Å². The van der Waals surface area contributed by atoms with Crippen LogP contribution >= 0.6 is 0 Å². The summed E-state index contributed by atoms with van der Waals surface area (Å²) in [5, 5.41) is 8.39. The summed E-state index contributed by atoms with van der Waals surface area (Å²) in [5.41, 5.74) is 6.54. The Morgan fingerprint density at radius 2 is 2.27 bits per heavy atom. The van der Waals surface area contributed by atoms with Gasteiger partial charge in [0.25, 0.3) is 0 Å². The summed E-state index contributed by atoms with van der Waals surface area (Å²) in [6.45, 7) is 4.00. The number of aryl methyl sites for hydroxylation is 1. The third kappa shape index (κ3) is 2.21. The summed E-state index contributed by atoms with van der Waals surface area (Å²) in [4.78, 5) is 4.06. The Balaban J connectivity index is 2.07. The smallest absolute Gasteiger partial charge is 0.164 e. The molecule has 2 N–H and O–H groups in total. The van der Waals surface area contributed by atoms with E-state index in [1.165, 1.54) is 0 Å². The molecule has 0 aliphatic rings. The van der Waals surface area contributed by atoms with E-state index < -0.39 is 0 Å². The number of nitrogens with zero attached hydrogens (tertiary/aromatic N) is 5. The largest absolute Gasteiger partial charge is 0.324 e. The Bertz CT molecular complexity index is 389. The molecule has 15 heavy (non-hydrogen) atoms. The molecule has 2 aromatic heterocycles. The van der Waals surface area contributed by atoms with Crippen molar-refractivity contribution in [1.82, 2.24) is 24.5 Å². The lowest BCUT2D eigenvalue weighted by molar-refractivity contribution is 0.652. The van der Waals surface area contributed by atoms with Crippen molar-refractivity contribution >= 4 is 0 Å². The number of aromatic nitrogens is 5. The van der Waals surface area contributed by atoms with Gasteiger partial charge in [-0.3, -0.25) is 4.68 Å². The molecule has 0 saturated heterocycles. The molecule has 0 aromatic carbocycles. The normalized spacial score (nSPS) is 10.8. The van der Waals surface area contributed by atoms with E-state index in [9.17, 15) is 0 Å². The maximum Gasteiger partial charge on any atom is 0.164 e. The highest BCUT2D eigenvalue weighted by molar-refractivity contribution is 5.04. The lowest BCUT2D eigenvalue weighted by Gasteiger charge is -1.96. The molecule has 0 spiro atoms. The molecule has 0 saturated carbocycles. The topological polar surface area (TPSA) is 74.5 Å². The molecule has 6 heteroatoms. The standard InChI is InChI=1S/C9H14N6/c1-2-14-5-8(4-12-14)6-15-7-11-9(3-10)13-15/h4-5,7H,2-3,6,10H2,1H3. The van der Waals surface area contributed by atoms with Crippen molar-refractivity contribution < 1.29 is 0 Å². The summed E-state index contributed by atoms with van der Waals surface area (Å²) in [6.07, 6.45) is 5.53. The number of rotatable bonds is 4. The summed E-state index contributed by atoms with van der Waals surface area (Å²) in [6, 6.07) is 0. The zero-order chi connectivity index (χ0) is 10.7. The van der Waals surface area contributed by atoms with Gasteiger partial charge < -0.3 is 5.73 Å². The average Bonchev–Trinajstić information content (AvgIpc) is 2.87. The van der Waals surface area contributed by atoms with E-state index in [2.05, 4.69) is 22.1 Å². The fourth-order valence-electron chi connectivity index (χ4n) is 1.35. The molecule has 80 valence electrons. The number of hydrogen-bond donors (Lipinski definition) is 1. The SMILES string of the molecule is CCn1cc(Cn2cnc(CN)n2)cn1. The molecule has 0 bridgehead atoms. The van der Waals surface area contributed by atoms with Gasteiger partial charge in [0.2, 0.25) is 0 Å². The first kappa shape index (κ1) is 9.85. The van der Waals surface area contributed by atoms with Gasteiger partial charge in [-0.2, -0.15) is 10.2 Å². The van der Waals surface area contributed by atoms with Gasteiger partial charge in [-0.1, -0.05) is 0 Å². The summed E-state index contributed by atoms with van der Waals surface area (Å²) < 4.78 is 3.65. The Morgan fingerprint density at radius 1 is 1.40 bits per heavy atom. The van der Waals surface area contributed by atoms with Gasteiger partial charge in [-0.25, -0.2) is 9.67 Å². The van der Waals surface area contributed by atoms with E-state index in [4.69, 9.17) is 5.73 Å². The average molecular weight is 206 g/mol. The Labute approximate surface area is 87.7 Å². The van der Waals surface area contributed by atoms with Gasteiger partial charge in [0, 0.05) is 18.3 Å². The minimum Gasteiger partial charge on any atom is -0.324 e. The van der Waals surface area contributed by atoms with E-state index in [1.807, 2.05) is 17.1 Å². The van der Waals surface area contributed by atoms with E-state index >= 15 is 0 Å². The van der Waals surface area contributed by atoms with Crippen molar-refractivity contribution in [3.05, 3.63) is 30.1 Å². The van der Waals surface area contributed by atoms with Crippen molar-refractivity contribution in [2.24, 2.45) is 5.73 Å². The van der Waals surface area contributed by atoms with Gasteiger partial charge in [0.15, 0.2) is 5.82 Å². The quantitative estimate of drug-likeness (QED) is 0.764. The molecule has 0 atom stereocenters. The van der Waals surface area contributed by atoms with Crippen LogP contribution in [-0.4, -0.2) is 24.5 Å². The molecular weight excluding hydrogens is 192 g/mol. The van der Waals surface area contributed by atoms with Crippen LogP contribution < -0.4 is 5.73 Å². The lowest BCUT2D eigenvalue weighted by Crippen LogP contribution is -2.03. The predicted octanol–water partition coefficient (Wildman–Crippen LogP) is 0.00150. The van der Waals surface area contributed by atoms with Crippen LogP contribution in [-0.2, 0) is 19.6 Å². The zero-order valence-electron chi connectivity index (χ0n) is 8.67. The Morgan fingerprint density at radius 3 is 2.87 bits per heavy atom. The van der Waals surface area contributed by atoms with Crippen LogP contribution in [0.3, 0.4) is 0 Å². The van der Waals surface area contributed by atoms with Crippen LogP contribution in [0.4, 0.5) is 0 Å². The van der Waals surface area contributed by atoms with Crippen molar-refractivity contribution in [1.29, 1.82) is 0 Å². The fourth-order valence-corrected chi connectivity index (χ4v) is 1.35. The van der Waals surface area contributed by atoms with Crippen LogP contribution in [0, 0.1) is 0 Å². The summed E-state index contributed by atoms with van der Waals surface area (Å²) in [5.74, 6) is 0.665. The van der Waals surface area contributed by atoms with Crippen LogP contribution in [0.5, 0.6) is 0 Å². The van der Waals surface area contributed by atoms with Gasteiger partial charge in [-0.15, -0.1) is 0 Å². The number of hydrogen-bond acceptors (Lipinski definition) is 4. The first-order chi connectivity index (χ1) is 7.31. The van der Waals surface area contributed by atoms with Gasteiger partial charge >= 0.3 is 0 Å². The van der Waals surface area contributed by atoms with Crippen LogP contribution in [0.25, 0.3) is 0 Å². The predicted molar refractivity (Wildman–Crippen MR) is 54.9 cm³/mol. The third-order valence-corrected chi connectivity index (χ3v) is 2.12. The molecule has 0 aliphatic heterocycles.